The number of nitrogens with zero attached hydrogens (tertiary/aromatic N) is 1. The number of likely N-dealkylation sites (N-methyl/N-ethyl adjacent to an activating group) is 1. The van der Waals surface area contributed by atoms with E-state index in [4.69, 9.17) is 15.9 Å². The van der Waals surface area contributed by atoms with Crippen LogP contribution in [0.25, 0.3) is 0 Å². The van der Waals surface area contributed by atoms with Gasteiger partial charge in [-0.1, -0.05) is 12.1 Å². The van der Waals surface area contributed by atoms with Gasteiger partial charge in [0.2, 0.25) is 0 Å². The van der Waals surface area contributed by atoms with E-state index in [-0.39, 0.29) is 18.8 Å². The first-order valence-corrected chi connectivity index (χ1v) is 6.31. The summed E-state index contributed by atoms with van der Waals surface area (Å²) >= 11 is 0. The number of phenols is 1. The highest BCUT2D eigenvalue weighted by molar-refractivity contribution is 5.71. The fraction of sp³-hybridized carbons (Fsp3) is 0.500. The third-order valence-electron chi connectivity index (χ3n) is 2.47. The van der Waals surface area contributed by atoms with Crippen LogP contribution < -0.4 is 10.8 Å². The van der Waals surface area contributed by atoms with Crippen LogP contribution in [0.15, 0.2) is 24.3 Å². The summed E-state index contributed by atoms with van der Waals surface area (Å²) in [4.78, 5) is 10.3. The van der Waals surface area contributed by atoms with Gasteiger partial charge in [-0.15, -0.1) is 0 Å². The lowest BCUT2D eigenvalue weighted by Gasteiger charge is -2.21. The van der Waals surface area contributed by atoms with E-state index in [1.165, 1.54) is 12.1 Å². The van der Waals surface area contributed by atoms with Crippen LogP contribution in [0.4, 0.5) is 0 Å². The molecule has 1 unspecified atom stereocenters. The molecule has 1 atom stereocenters. The van der Waals surface area contributed by atoms with Crippen molar-refractivity contribution >= 4 is 5.97 Å². The number of aromatic hydroxyl groups is 1. The van der Waals surface area contributed by atoms with E-state index in [1.807, 2.05) is 0 Å². The number of quaternary nitrogens is 1. The van der Waals surface area contributed by atoms with Gasteiger partial charge in [-0.3, -0.25) is 0 Å². The summed E-state index contributed by atoms with van der Waals surface area (Å²) in [5.74, 6) is -1.13. The maximum atomic E-state index is 10.3. The van der Waals surface area contributed by atoms with Crippen LogP contribution in [0.2, 0.25) is 0 Å². The number of hydrogen-bond acceptors (Lipinski definition) is 5. The van der Waals surface area contributed by atoms with Gasteiger partial charge in [-0.05, 0) is 24.1 Å². The first kappa shape index (κ1) is 18.4. The molecule has 20 heavy (non-hydrogen) atoms. The molecule has 114 valence electrons. The molecule has 4 N–H and O–H groups in total. The number of carbonyl (C=O) groups excluding carboxylic acids is 1. The molecular formula is C14H24N2O4. The Morgan fingerprint density at radius 3 is 2.10 bits per heavy atom. The van der Waals surface area contributed by atoms with Gasteiger partial charge in [0, 0.05) is 6.04 Å². The smallest absolute Gasteiger partial charge is 0.115 e. The molecule has 0 amide bonds. The molecule has 1 rings (SSSR count). The Bertz CT molecular complexity index is 399. The largest absolute Gasteiger partial charge is 0.548 e. The number of nitrogens with two attached hydrogens (primary N) is 1. The lowest BCUT2D eigenvalue weighted by atomic mass is 10.1. The SMILES string of the molecule is C[N+](C)(C)CCO.NC(Cc1ccc(O)cc1)C(=O)[O-]. The van der Waals surface area contributed by atoms with Crippen LogP contribution in [-0.2, 0) is 11.2 Å². The molecule has 6 nitrogen and oxygen atoms in total. The molecule has 1 aromatic rings. The number of carboxylic acids is 1. The summed E-state index contributed by atoms with van der Waals surface area (Å²) in [6, 6.07) is 5.22. The summed E-state index contributed by atoms with van der Waals surface area (Å²) in [5.41, 5.74) is 6.02. The fourth-order valence-electron chi connectivity index (χ4n) is 1.27. The summed E-state index contributed by atoms with van der Waals surface area (Å²) in [6.45, 7) is 1.11. The summed E-state index contributed by atoms with van der Waals surface area (Å²) in [6.07, 6.45) is 0.211. The van der Waals surface area contributed by atoms with Crippen LogP contribution in [-0.4, -0.2) is 61.0 Å². The van der Waals surface area contributed by atoms with Crippen LogP contribution in [0.5, 0.6) is 5.75 Å². The second-order valence-corrected chi connectivity index (χ2v) is 5.53. The molecule has 1 aromatic carbocycles. The Balaban J connectivity index is 0.000000441. The zero-order valence-corrected chi connectivity index (χ0v) is 12.2. The molecule has 0 spiro atoms. The molecule has 0 aromatic heterocycles. The maximum Gasteiger partial charge on any atom is 0.115 e. The second-order valence-electron chi connectivity index (χ2n) is 5.53. The van der Waals surface area contributed by atoms with Gasteiger partial charge < -0.3 is 30.3 Å². The fourth-order valence-corrected chi connectivity index (χ4v) is 1.27. The zero-order valence-electron chi connectivity index (χ0n) is 12.2. The van der Waals surface area contributed by atoms with Crippen molar-refractivity contribution < 1.29 is 24.6 Å². The van der Waals surface area contributed by atoms with Crippen LogP contribution in [0.3, 0.4) is 0 Å². The van der Waals surface area contributed by atoms with Crippen LogP contribution >= 0.6 is 0 Å². The quantitative estimate of drug-likeness (QED) is 0.582. The van der Waals surface area contributed by atoms with Gasteiger partial charge in [0.25, 0.3) is 0 Å². The minimum Gasteiger partial charge on any atom is -0.548 e. The zero-order chi connectivity index (χ0) is 15.8. The predicted molar refractivity (Wildman–Crippen MR) is 74.8 cm³/mol. The van der Waals surface area contributed by atoms with Crippen molar-refractivity contribution in [3.8, 4) is 5.75 Å². The average molecular weight is 284 g/mol. The third-order valence-corrected chi connectivity index (χ3v) is 2.47. The average Bonchev–Trinajstić information content (AvgIpc) is 2.31. The highest BCUT2D eigenvalue weighted by Crippen LogP contribution is 2.10. The Kier molecular flexibility index (Phi) is 7.83. The molecule has 0 aliphatic rings. The van der Waals surface area contributed by atoms with Crippen molar-refractivity contribution in [2.75, 3.05) is 34.3 Å². The van der Waals surface area contributed by atoms with Gasteiger partial charge in [-0.25, -0.2) is 0 Å². The predicted octanol–water partition coefficient (Wildman–Crippen LogP) is -1.30. The van der Waals surface area contributed by atoms with Crippen molar-refractivity contribution in [2.45, 2.75) is 12.5 Å². The number of carboxylic acid groups (broad SMARTS) is 1. The number of phenolic OH excluding ortho intramolecular Hbond substituents is 1. The highest BCUT2D eigenvalue weighted by Gasteiger charge is 2.04. The summed E-state index contributed by atoms with van der Waals surface area (Å²) in [7, 11) is 6.16. The van der Waals surface area contributed by atoms with E-state index in [0.717, 1.165) is 16.6 Å². The highest BCUT2D eigenvalue weighted by atomic mass is 16.4. The van der Waals surface area contributed by atoms with E-state index in [1.54, 1.807) is 12.1 Å². The number of benzene rings is 1. The minimum absolute atomic E-state index is 0.144. The normalized spacial score (nSPS) is 12.2. The molecule has 0 aliphatic carbocycles. The molecule has 0 heterocycles. The van der Waals surface area contributed by atoms with Gasteiger partial charge in [0.1, 0.15) is 12.3 Å². The number of hydrogen-bond donors (Lipinski definition) is 3. The van der Waals surface area contributed by atoms with Crippen molar-refractivity contribution in [1.29, 1.82) is 0 Å². The maximum absolute atomic E-state index is 10.3. The molecule has 6 heteroatoms. The van der Waals surface area contributed by atoms with E-state index in [0.29, 0.717) is 0 Å². The molecular weight excluding hydrogens is 260 g/mol. The van der Waals surface area contributed by atoms with Gasteiger partial charge in [0.15, 0.2) is 0 Å². The lowest BCUT2D eigenvalue weighted by molar-refractivity contribution is -0.870. The van der Waals surface area contributed by atoms with Crippen molar-refractivity contribution in [1.82, 2.24) is 0 Å². The Hall–Kier alpha value is -1.63. The lowest BCUT2D eigenvalue weighted by Crippen LogP contribution is -2.43. The molecule has 0 fully saturated rings. The summed E-state index contributed by atoms with van der Waals surface area (Å²) in [5, 5.41) is 27.6. The van der Waals surface area contributed by atoms with E-state index in [9.17, 15) is 9.90 Å². The second kappa shape index (κ2) is 8.52. The number of aliphatic hydroxyl groups is 1. The Labute approximate surface area is 119 Å². The summed E-state index contributed by atoms with van der Waals surface area (Å²) < 4.78 is 0.844. The molecule has 0 bridgehead atoms. The van der Waals surface area contributed by atoms with E-state index >= 15 is 0 Å². The first-order valence-electron chi connectivity index (χ1n) is 6.31. The molecule has 0 saturated carbocycles. The van der Waals surface area contributed by atoms with E-state index < -0.39 is 12.0 Å². The first-order chi connectivity index (χ1) is 9.15. The third kappa shape index (κ3) is 9.32. The minimum atomic E-state index is -1.27. The van der Waals surface area contributed by atoms with Gasteiger partial charge >= 0.3 is 0 Å². The molecule has 0 radical (unpaired) electrons. The number of carbonyl (C=O) groups is 1. The number of aliphatic carboxylic acids is 1. The van der Waals surface area contributed by atoms with Gasteiger partial charge in [0.05, 0.1) is 33.7 Å². The molecule has 0 saturated heterocycles. The monoisotopic (exact) mass is 284 g/mol. The van der Waals surface area contributed by atoms with E-state index in [2.05, 4.69) is 21.1 Å². The van der Waals surface area contributed by atoms with Crippen molar-refractivity contribution in [3.63, 3.8) is 0 Å². The topological polar surface area (TPSA) is 107 Å². The Morgan fingerprint density at radius 1 is 1.30 bits per heavy atom. The standard InChI is InChI=1S/C9H11NO3.C5H14NO/c10-8(9(12)13)5-6-1-3-7(11)4-2-6;1-6(2,3)4-5-7/h1-4,8,11H,5,10H2,(H,12,13);7H,4-5H2,1-3H3/q;+1/p-1. The van der Waals surface area contributed by atoms with Crippen LogP contribution in [0.1, 0.15) is 5.56 Å². The Morgan fingerprint density at radius 2 is 1.80 bits per heavy atom. The number of aliphatic hydroxyl groups excluding tert-OH is 1. The van der Waals surface area contributed by atoms with Gasteiger partial charge in [-0.2, -0.15) is 0 Å². The van der Waals surface area contributed by atoms with Crippen molar-refractivity contribution in [3.05, 3.63) is 29.8 Å². The number of rotatable bonds is 5. The van der Waals surface area contributed by atoms with Crippen LogP contribution in [0, 0.1) is 0 Å². The van der Waals surface area contributed by atoms with Crippen molar-refractivity contribution in [2.24, 2.45) is 5.73 Å². The molecule has 0 aliphatic heterocycles.